The molecule has 2 unspecified atom stereocenters. The highest BCUT2D eigenvalue weighted by molar-refractivity contribution is 6.18. The van der Waals surface area contributed by atoms with E-state index in [0.29, 0.717) is 39.6 Å². The van der Waals surface area contributed by atoms with Crippen LogP contribution in [0.15, 0.2) is 131 Å². The first kappa shape index (κ1) is 33.4. The average molecular weight is 757 g/mol. The van der Waals surface area contributed by atoms with Gasteiger partial charge in [0.05, 0.1) is 21.9 Å². The lowest BCUT2D eigenvalue weighted by atomic mass is 9.42. The lowest BCUT2D eigenvalue weighted by Crippen LogP contribution is -2.55. The summed E-state index contributed by atoms with van der Waals surface area (Å²) in [5.74, 6) is -0.00717. The Bertz CT molecular complexity index is 3290. The van der Waals surface area contributed by atoms with Gasteiger partial charge in [0, 0.05) is 23.0 Å². The number of hydrogen-bond acceptors (Lipinski definition) is 10. The Hall–Kier alpha value is -6.94. The van der Waals surface area contributed by atoms with Gasteiger partial charge in [-0.3, -0.25) is 0 Å². The van der Waals surface area contributed by atoms with Gasteiger partial charge in [0.1, 0.15) is 5.76 Å². The third kappa shape index (κ3) is 4.04. The van der Waals surface area contributed by atoms with E-state index < -0.39 is 34.0 Å². The first-order valence-corrected chi connectivity index (χ1v) is 18.8. The number of hydrogen-bond donors (Lipinski definition) is 0. The molecule has 0 radical (unpaired) electrons. The molecular formula is C47H32O10. The van der Waals surface area contributed by atoms with Gasteiger partial charge in [0.15, 0.2) is 39.6 Å². The van der Waals surface area contributed by atoms with Crippen LogP contribution >= 0.6 is 0 Å². The number of carbonyl (C=O) groups excluding carboxylic acids is 2. The molecular weight excluding hydrogens is 725 g/mol. The maximum Gasteiger partial charge on any atom is 0.347 e. The molecule has 0 N–H and O–H groups in total. The molecule has 12 rings (SSSR count). The lowest BCUT2D eigenvalue weighted by molar-refractivity contribution is -0.149. The molecule has 2 bridgehead atoms. The highest BCUT2D eigenvalue weighted by Crippen LogP contribution is 2.68. The molecule has 5 aliphatic rings. The average Bonchev–Trinajstić information content (AvgIpc) is 3.59. The second kappa shape index (κ2) is 10.9. The summed E-state index contributed by atoms with van der Waals surface area (Å²) in [4.78, 5) is 49.6. The van der Waals surface area contributed by atoms with E-state index in [4.69, 9.17) is 27.5 Å². The molecule has 2 atom stereocenters. The number of allylic oxidation sites excluding steroid dienone is 2. The standard InChI is InChI=1S/C47H32O10/c1-20(2)46-29-11-24-9-7-8-10-25(24)12-30(29)47(21(3)4,32-17-39-38(16-31(32)46)52-23(6)35(53-39)13-26-22(5)42(48)56-43(26)49)34-19-41-40(18-33(34)46)54-36-14-27-28(15-37(36)55-41)45(51)57-44(27)50/h7-21H,5H2,1-4,6H3/b26-13+. The third-order valence-electron chi connectivity index (χ3n) is 12.6. The number of furan rings is 1. The zero-order valence-electron chi connectivity index (χ0n) is 31.4. The summed E-state index contributed by atoms with van der Waals surface area (Å²) >= 11 is 0. The number of esters is 2. The highest BCUT2D eigenvalue weighted by atomic mass is 16.6. The van der Waals surface area contributed by atoms with Crippen molar-refractivity contribution in [2.75, 3.05) is 0 Å². The van der Waals surface area contributed by atoms with E-state index in [0.717, 1.165) is 38.6 Å². The number of rotatable bonds is 3. The number of carbonyl (C=O) groups is 2. The topological polar surface area (TPSA) is 135 Å². The molecule has 5 aromatic carbocycles. The summed E-state index contributed by atoms with van der Waals surface area (Å²) < 4.78 is 35.9. The van der Waals surface area contributed by atoms with Crippen molar-refractivity contribution in [1.82, 2.24) is 0 Å². The van der Waals surface area contributed by atoms with E-state index in [1.165, 1.54) is 23.8 Å². The SMILES string of the molecule is C=C1C(=O)OC(=O)/C1=C/C1=C(C)Oc2cc3c(cc2O1)C1(C(C)C)c2cc4ccccc4cc2C3(C(C)C)c2cc3oc4cc5c(=O)oc(=O)c5cc4oc3cc21. The van der Waals surface area contributed by atoms with Crippen LogP contribution in [0.4, 0.5) is 0 Å². The van der Waals surface area contributed by atoms with Gasteiger partial charge in [-0.2, -0.15) is 0 Å². The van der Waals surface area contributed by atoms with Gasteiger partial charge in [-0.05, 0) is 105 Å². The largest absolute Gasteiger partial charge is 0.454 e. The monoisotopic (exact) mass is 756 g/mol. The lowest BCUT2D eigenvalue weighted by Gasteiger charge is -2.60. The van der Waals surface area contributed by atoms with Crippen molar-refractivity contribution in [2.45, 2.75) is 45.4 Å². The van der Waals surface area contributed by atoms with E-state index >= 15 is 0 Å². The number of cyclic esters (lactones) is 2. The van der Waals surface area contributed by atoms with Crippen LogP contribution in [0.5, 0.6) is 11.5 Å². The smallest absolute Gasteiger partial charge is 0.347 e. The minimum Gasteiger partial charge on any atom is -0.454 e. The molecule has 4 heterocycles. The van der Waals surface area contributed by atoms with Crippen LogP contribution < -0.4 is 20.7 Å². The second-order valence-corrected chi connectivity index (χ2v) is 15.9. The summed E-state index contributed by atoms with van der Waals surface area (Å²) in [6.45, 7) is 14.3. The summed E-state index contributed by atoms with van der Waals surface area (Å²) in [6, 6.07) is 24.3. The molecule has 10 heteroatoms. The van der Waals surface area contributed by atoms with Crippen LogP contribution in [0, 0.1) is 11.8 Å². The van der Waals surface area contributed by atoms with Gasteiger partial charge in [-0.25, -0.2) is 19.2 Å². The van der Waals surface area contributed by atoms with Gasteiger partial charge < -0.3 is 27.5 Å². The Labute approximate surface area is 323 Å². The predicted octanol–water partition coefficient (Wildman–Crippen LogP) is 8.98. The minimum absolute atomic E-state index is 0.00399. The molecule has 1 saturated heterocycles. The van der Waals surface area contributed by atoms with Gasteiger partial charge in [0.25, 0.3) is 0 Å². The minimum atomic E-state index is -0.796. The van der Waals surface area contributed by atoms with Crippen LogP contribution in [0.1, 0.15) is 68.0 Å². The molecule has 7 aromatic rings. The Morgan fingerprint density at radius 3 is 1.49 bits per heavy atom. The zero-order valence-corrected chi connectivity index (χ0v) is 31.4. The Morgan fingerprint density at radius 2 is 1.02 bits per heavy atom. The summed E-state index contributed by atoms with van der Waals surface area (Å²) in [7, 11) is 0. The molecule has 280 valence electrons. The molecule has 57 heavy (non-hydrogen) atoms. The normalized spacial score (nSPS) is 21.5. The van der Waals surface area contributed by atoms with Crippen molar-refractivity contribution in [3.63, 3.8) is 0 Å². The molecule has 2 aromatic heterocycles. The molecule has 3 aliphatic carbocycles. The summed E-state index contributed by atoms with van der Waals surface area (Å²) in [6.07, 6.45) is 1.44. The highest BCUT2D eigenvalue weighted by Gasteiger charge is 2.61. The van der Waals surface area contributed by atoms with Crippen molar-refractivity contribution >= 4 is 55.8 Å². The molecule has 0 spiro atoms. The van der Waals surface area contributed by atoms with E-state index in [1.54, 1.807) is 6.92 Å². The molecule has 10 nitrogen and oxygen atoms in total. The van der Waals surface area contributed by atoms with Gasteiger partial charge in [-0.15, -0.1) is 0 Å². The fourth-order valence-electron chi connectivity index (χ4n) is 10.1. The fraction of sp³-hybridized carbons (Fsp3) is 0.191. The number of fused-ring (bicyclic) bond motifs is 5. The zero-order chi connectivity index (χ0) is 39.4. The first-order valence-electron chi connectivity index (χ1n) is 18.8. The van der Waals surface area contributed by atoms with Crippen molar-refractivity contribution in [1.29, 1.82) is 0 Å². The van der Waals surface area contributed by atoms with Crippen LogP contribution in [-0.2, 0) is 25.2 Å². The molecule has 0 saturated carbocycles. The Kier molecular flexibility index (Phi) is 6.38. The van der Waals surface area contributed by atoms with Crippen molar-refractivity contribution in [2.24, 2.45) is 11.8 Å². The van der Waals surface area contributed by atoms with E-state index in [9.17, 15) is 19.2 Å². The number of ether oxygens (including phenoxy) is 3. The predicted molar refractivity (Wildman–Crippen MR) is 210 cm³/mol. The summed E-state index contributed by atoms with van der Waals surface area (Å²) in [5, 5.41) is 2.48. The Balaban J connectivity index is 1.23. The van der Waals surface area contributed by atoms with Crippen LogP contribution in [0.2, 0.25) is 0 Å². The Morgan fingerprint density at radius 1 is 0.561 bits per heavy atom. The van der Waals surface area contributed by atoms with Crippen molar-refractivity contribution < 1.29 is 37.1 Å². The molecule has 2 aliphatic heterocycles. The molecule has 1 fully saturated rings. The van der Waals surface area contributed by atoms with Crippen LogP contribution in [-0.4, -0.2) is 11.9 Å². The van der Waals surface area contributed by atoms with E-state index in [1.807, 2.05) is 6.07 Å². The van der Waals surface area contributed by atoms with Crippen molar-refractivity contribution in [3.8, 4) is 11.5 Å². The second-order valence-electron chi connectivity index (χ2n) is 15.9. The quantitative estimate of drug-likeness (QED) is 0.0744. The van der Waals surface area contributed by atoms with E-state index in [-0.39, 0.29) is 39.5 Å². The third-order valence-corrected chi connectivity index (χ3v) is 12.6. The fourth-order valence-corrected chi connectivity index (χ4v) is 10.1. The van der Waals surface area contributed by atoms with Gasteiger partial charge in [0.2, 0.25) is 0 Å². The maximum atomic E-state index is 12.5. The van der Waals surface area contributed by atoms with Crippen molar-refractivity contribution in [3.05, 3.63) is 162 Å². The van der Waals surface area contributed by atoms with Crippen LogP contribution in [0.3, 0.4) is 0 Å². The van der Waals surface area contributed by atoms with Crippen LogP contribution in [0.25, 0.3) is 43.9 Å². The summed E-state index contributed by atoms with van der Waals surface area (Å²) in [5.41, 5.74) is 5.12. The van der Waals surface area contributed by atoms with E-state index in [2.05, 4.69) is 88.9 Å². The van der Waals surface area contributed by atoms with Gasteiger partial charge >= 0.3 is 23.2 Å². The number of benzene rings is 5. The molecule has 0 amide bonds. The van der Waals surface area contributed by atoms with Gasteiger partial charge in [-0.1, -0.05) is 58.5 Å². The first-order chi connectivity index (χ1) is 27.3. The maximum absolute atomic E-state index is 12.5.